The van der Waals surface area contributed by atoms with Crippen LogP contribution in [0.3, 0.4) is 0 Å². The molecule has 1 aromatic carbocycles. The van der Waals surface area contributed by atoms with Crippen LogP contribution in [-0.4, -0.2) is 57.6 Å². The van der Waals surface area contributed by atoms with Crippen LogP contribution < -0.4 is 5.73 Å². The first-order chi connectivity index (χ1) is 13.9. The molecule has 0 spiro atoms. The van der Waals surface area contributed by atoms with E-state index in [1.54, 1.807) is 0 Å². The average Bonchev–Trinajstić information content (AvgIpc) is 2.72. The predicted octanol–water partition coefficient (Wildman–Crippen LogP) is 2.05. The van der Waals surface area contributed by atoms with Gasteiger partial charge in [0.2, 0.25) is 0 Å². The summed E-state index contributed by atoms with van der Waals surface area (Å²) in [6.07, 6.45) is -1.53. The zero-order valence-corrected chi connectivity index (χ0v) is 16.6. The number of hydrogen-bond donors (Lipinski definition) is 3. The van der Waals surface area contributed by atoms with E-state index in [0.717, 1.165) is 17.3 Å². The number of aromatic nitrogens is 1. The summed E-state index contributed by atoms with van der Waals surface area (Å²) >= 11 is 6.96. The number of pyridine rings is 1. The average molecular weight is 439 g/mol. The number of fused-ring (bicyclic) bond motifs is 1. The molecule has 2 aliphatic rings. The van der Waals surface area contributed by atoms with E-state index in [1.165, 1.54) is 12.3 Å². The van der Waals surface area contributed by atoms with E-state index in [0.29, 0.717) is 0 Å². The van der Waals surface area contributed by atoms with Crippen LogP contribution in [0, 0.1) is 0 Å². The molecule has 1 aromatic heterocycles. The van der Waals surface area contributed by atoms with Gasteiger partial charge < -0.3 is 30.2 Å². The van der Waals surface area contributed by atoms with Gasteiger partial charge in [0.05, 0.1) is 17.7 Å². The Kier molecular flexibility index (Phi) is 6.07. The molecule has 0 amide bonds. The Morgan fingerprint density at radius 1 is 1.28 bits per heavy atom. The van der Waals surface area contributed by atoms with Crippen molar-refractivity contribution < 1.29 is 29.2 Å². The predicted molar refractivity (Wildman–Crippen MR) is 105 cm³/mol. The summed E-state index contributed by atoms with van der Waals surface area (Å²) in [5.74, 6) is -1.20. The molecule has 0 aliphatic carbocycles. The van der Waals surface area contributed by atoms with Gasteiger partial charge in [0.15, 0.2) is 12.0 Å². The van der Waals surface area contributed by atoms with Crippen LogP contribution in [0.1, 0.15) is 22.3 Å². The van der Waals surface area contributed by atoms with Gasteiger partial charge in [0.1, 0.15) is 23.7 Å². The molecule has 0 bridgehead atoms. The highest BCUT2D eigenvalue weighted by molar-refractivity contribution is 8.00. The molecular weight excluding hydrogens is 420 g/mol. The van der Waals surface area contributed by atoms with Crippen LogP contribution in [0.5, 0.6) is 0 Å². The van der Waals surface area contributed by atoms with Crippen LogP contribution in [0.2, 0.25) is 5.02 Å². The second-order valence-corrected chi connectivity index (χ2v) is 8.29. The third-order valence-corrected chi connectivity index (χ3v) is 6.15. The molecule has 29 heavy (non-hydrogen) atoms. The second-order valence-electron chi connectivity index (χ2n) is 6.71. The number of hydrogen-bond acceptors (Lipinski definition) is 8. The molecule has 2 fully saturated rings. The van der Waals surface area contributed by atoms with Gasteiger partial charge in [0.25, 0.3) is 0 Å². The van der Waals surface area contributed by atoms with E-state index >= 15 is 0 Å². The summed E-state index contributed by atoms with van der Waals surface area (Å²) < 4.78 is 17.7. The molecule has 0 saturated carbocycles. The number of aromatic carboxylic acids is 1. The lowest BCUT2D eigenvalue weighted by atomic mass is 9.97. The normalized spacial score (nSPS) is 31.8. The van der Waals surface area contributed by atoms with E-state index in [4.69, 9.17) is 31.5 Å². The first kappa shape index (κ1) is 20.5. The van der Waals surface area contributed by atoms with Crippen molar-refractivity contribution in [2.24, 2.45) is 5.73 Å². The van der Waals surface area contributed by atoms with Crippen LogP contribution in [0.15, 0.2) is 47.5 Å². The zero-order valence-electron chi connectivity index (χ0n) is 15.1. The fourth-order valence-corrected chi connectivity index (χ4v) is 4.75. The number of benzene rings is 1. The summed E-state index contributed by atoms with van der Waals surface area (Å²) in [5.41, 5.74) is 6.11. The van der Waals surface area contributed by atoms with E-state index in [9.17, 15) is 15.0 Å². The molecule has 6 unspecified atom stereocenters. The monoisotopic (exact) mass is 438 g/mol. The quantitative estimate of drug-likeness (QED) is 0.657. The van der Waals surface area contributed by atoms with Crippen molar-refractivity contribution >= 4 is 29.3 Å². The van der Waals surface area contributed by atoms with Gasteiger partial charge in [-0.05, 0) is 6.07 Å². The number of aliphatic hydroxyl groups excluding tert-OH is 1. The second kappa shape index (κ2) is 8.57. The number of carboxylic acids is 1. The first-order valence-corrected chi connectivity index (χ1v) is 10.2. The lowest BCUT2D eigenvalue weighted by Gasteiger charge is -2.47. The molecule has 8 nitrogen and oxygen atoms in total. The fourth-order valence-electron chi connectivity index (χ4n) is 3.31. The van der Waals surface area contributed by atoms with E-state index in [1.807, 2.05) is 30.3 Å². The molecule has 2 saturated heterocycles. The molecular formula is C19H19ClN2O6S. The van der Waals surface area contributed by atoms with E-state index in [2.05, 4.69) is 4.98 Å². The van der Waals surface area contributed by atoms with Gasteiger partial charge >= 0.3 is 5.97 Å². The number of halogens is 1. The Morgan fingerprint density at radius 2 is 2.03 bits per heavy atom. The Bertz CT molecular complexity index is 886. The van der Waals surface area contributed by atoms with Gasteiger partial charge in [-0.3, -0.25) is 0 Å². The van der Waals surface area contributed by atoms with Gasteiger partial charge in [0, 0.05) is 16.7 Å². The van der Waals surface area contributed by atoms with Crippen LogP contribution in [-0.2, 0) is 14.2 Å². The Hall–Kier alpha value is -1.72. The van der Waals surface area contributed by atoms with Gasteiger partial charge in [-0.25, -0.2) is 9.78 Å². The maximum absolute atomic E-state index is 11.4. The molecule has 0 radical (unpaired) electrons. The number of ether oxygens (including phenoxy) is 3. The maximum atomic E-state index is 11.4. The minimum absolute atomic E-state index is 0.175. The Labute approximate surface area is 175 Å². The number of thioether (sulfide) groups is 1. The van der Waals surface area contributed by atoms with E-state index < -0.39 is 42.0 Å². The summed E-state index contributed by atoms with van der Waals surface area (Å²) in [6.45, 7) is 0.224. The Morgan fingerprint density at radius 3 is 2.76 bits per heavy atom. The number of carbonyl (C=O) groups is 1. The SMILES string of the molecule is NC1C(O)C(Sc2cc(Cl)cnc2C(=O)O)OC2COC(c3ccccc3)OC21. The highest BCUT2D eigenvalue weighted by atomic mass is 35.5. The highest BCUT2D eigenvalue weighted by Crippen LogP contribution is 2.39. The number of carboxylic acid groups (broad SMARTS) is 1. The van der Waals surface area contributed by atoms with Crippen LogP contribution in [0.4, 0.5) is 0 Å². The highest BCUT2D eigenvalue weighted by Gasteiger charge is 2.48. The minimum atomic E-state index is -1.20. The van der Waals surface area contributed by atoms with Crippen molar-refractivity contribution in [3.8, 4) is 0 Å². The van der Waals surface area contributed by atoms with Crippen LogP contribution in [0.25, 0.3) is 0 Å². The topological polar surface area (TPSA) is 124 Å². The van der Waals surface area contributed by atoms with Gasteiger partial charge in [-0.1, -0.05) is 53.7 Å². The fraction of sp³-hybridized carbons (Fsp3) is 0.368. The summed E-state index contributed by atoms with van der Waals surface area (Å²) in [4.78, 5) is 15.6. The first-order valence-electron chi connectivity index (χ1n) is 8.90. The van der Waals surface area contributed by atoms with Crippen LogP contribution >= 0.6 is 23.4 Å². The van der Waals surface area contributed by atoms with Crippen molar-refractivity contribution in [3.63, 3.8) is 0 Å². The van der Waals surface area contributed by atoms with Crippen molar-refractivity contribution in [2.45, 2.75) is 41.0 Å². The summed E-state index contributed by atoms with van der Waals surface area (Å²) in [6, 6.07) is 10.1. The standard InChI is InChI=1S/C19H19ClN2O6S/c20-10-6-12(14(17(24)25)22-7-10)29-19-15(23)13(21)16-11(27-19)8-26-18(28-16)9-4-2-1-3-5-9/h1-7,11,13,15-16,18-19,23H,8,21H2,(H,24,25). The summed E-state index contributed by atoms with van der Waals surface area (Å²) in [7, 11) is 0. The lowest BCUT2D eigenvalue weighted by Crippen LogP contribution is -2.64. The van der Waals surface area contributed by atoms with Crippen molar-refractivity contribution in [3.05, 3.63) is 58.9 Å². The number of nitrogens with two attached hydrogens (primary N) is 1. The molecule has 4 rings (SSSR count). The molecule has 4 N–H and O–H groups in total. The molecule has 3 heterocycles. The van der Waals surface area contributed by atoms with Gasteiger partial charge in [-0.15, -0.1) is 0 Å². The minimum Gasteiger partial charge on any atom is -0.476 e. The smallest absolute Gasteiger partial charge is 0.355 e. The largest absolute Gasteiger partial charge is 0.476 e. The van der Waals surface area contributed by atoms with Crippen molar-refractivity contribution in [1.29, 1.82) is 0 Å². The van der Waals surface area contributed by atoms with Crippen molar-refractivity contribution in [1.82, 2.24) is 4.98 Å². The van der Waals surface area contributed by atoms with Crippen molar-refractivity contribution in [2.75, 3.05) is 6.61 Å². The van der Waals surface area contributed by atoms with Gasteiger partial charge in [-0.2, -0.15) is 0 Å². The Balaban J connectivity index is 1.50. The zero-order chi connectivity index (χ0) is 20.5. The molecule has 10 heteroatoms. The number of nitrogens with zero attached hydrogens (tertiary/aromatic N) is 1. The maximum Gasteiger partial charge on any atom is 0.355 e. The molecule has 154 valence electrons. The lowest BCUT2D eigenvalue weighted by molar-refractivity contribution is -0.297. The third-order valence-electron chi connectivity index (χ3n) is 4.76. The molecule has 6 atom stereocenters. The number of aliphatic hydroxyl groups is 1. The number of rotatable bonds is 4. The molecule has 2 aliphatic heterocycles. The van der Waals surface area contributed by atoms with E-state index in [-0.39, 0.29) is 22.2 Å². The summed E-state index contributed by atoms with van der Waals surface area (Å²) in [5, 5.41) is 20.3. The molecule has 2 aromatic rings. The third kappa shape index (κ3) is 4.26.